The van der Waals surface area contributed by atoms with Crippen molar-refractivity contribution in [2.24, 2.45) is 0 Å². The van der Waals surface area contributed by atoms with Crippen molar-refractivity contribution in [1.82, 2.24) is 15.0 Å². The maximum Gasteiger partial charge on any atom is 0.0895 e. The highest BCUT2D eigenvalue weighted by Gasteiger charge is 2.04. The van der Waals surface area contributed by atoms with Crippen LogP contribution in [-0.2, 0) is 5.88 Å². The minimum atomic E-state index is 0.838. The molecule has 0 amide bonds. The van der Waals surface area contributed by atoms with Crippen LogP contribution in [0.15, 0.2) is 36.5 Å². The molecule has 0 atom stereocenters. The lowest BCUT2D eigenvalue weighted by atomic mass is 10.2. The number of benzene rings is 1. The Balaban J connectivity index is 2.37. The third kappa shape index (κ3) is 1.80. The lowest BCUT2D eigenvalue weighted by molar-refractivity contribution is 0.708. The Bertz CT molecular complexity index is 397. The fourth-order valence-electron chi connectivity index (χ4n) is 1.31. The van der Waals surface area contributed by atoms with E-state index in [9.17, 15) is 0 Å². The Hall–Kier alpha value is -1.29. The molecule has 0 aliphatic carbocycles. The van der Waals surface area contributed by atoms with Gasteiger partial charge in [0.05, 0.1) is 17.8 Å². The molecule has 2 aromatic rings. The Morgan fingerprint density at radius 3 is 2.79 bits per heavy atom. The fraction of sp³-hybridized carbons (Fsp3) is 0.200. The van der Waals surface area contributed by atoms with E-state index in [0.717, 1.165) is 17.1 Å². The highest BCUT2D eigenvalue weighted by Crippen LogP contribution is 2.18. The molecule has 0 saturated heterocycles. The van der Waals surface area contributed by atoms with Gasteiger partial charge in [-0.1, -0.05) is 35.5 Å². The molecule has 4 heteroatoms. The second-order valence-electron chi connectivity index (χ2n) is 2.90. The summed E-state index contributed by atoms with van der Waals surface area (Å²) in [5.41, 5.74) is 2.23. The Labute approximate surface area is 87.1 Å². The molecule has 1 aromatic carbocycles. The van der Waals surface area contributed by atoms with Crippen molar-refractivity contribution in [3.63, 3.8) is 0 Å². The predicted molar refractivity (Wildman–Crippen MR) is 59.0 cm³/mol. The summed E-state index contributed by atoms with van der Waals surface area (Å²) in [5.74, 6) is 0.838. The summed E-state index contributed by atoms with van der Waals surface area (Å²) in [5, 5.41) is 7.94. The van der Waals surface area contributed by atoms with Crippen LogP contribution in [0.4, 0.5) is 0 Å². The zero-order chi connectivity index (χ0) is 9.80. The van der Waals surface area contributed by atoms with Gasteiger partial charge in [0.1, 0.15) is 0 Å². The van der Waals surface area contributed by atoms with Crippen molar-refractivity contribution in [3.8, 4) is 11.3 Å². The molecule has 2 rings (SSSR count). The maximum atomic E-state index is 4.03. The molecule has 1 aromatic heterocycles. The van der Waals surface area contributed by atoms with Gasteiger partial charge >= 0.3 is 0 Å². The predicted octanol–water partition coefficient (Wildman–Crippen LogP) is 2.27. The number of rotatable bonds is 3. The molecule has 0 bridgehead atoms. The number of nitrogens with zero attached hydrogens (tertiary/aromatic N) is 3. The minimum Gasteiger partial charge on any atom is -0.235 e. The second kappa shape index (κ2) is 4.28. The lowest BCUT2D eigenvalue weighted by Gasteiger charge is -2.03. The van der Waals surface area contributed by atoms with E-state index in [2.05, 4.69) is 28.7 Å². The van der Waals surface area contributed by atoms with E-state index in [0.29, 0.717) is 0 Å². The molecule has 0 radical (unpaired) electrons. The first kappa shape index (κ1) is 9.27. The third-order valence-corrected chi connectivity index (χ3v) is 2.44. The molecular weight excluding hydrogens is 194 g/mol. The molecule has 0 unspecified atom stereocenters. The van der Waals surface area contributed by atoms with Gasteiger partial charge in [-0.3, -0.25) is 0 Å². The minimum absolute atomic E-state index is 0.838. The van der Waals surface area contributed by atoms with Crippen LogP contribution in [0.2, 0.25) is 0 Å². The summed E-state index contributed by atoms with van der Waals surface area (Å²) in [7, 11) is 0. The lowest BCUT2D eigenvalue weighted by Crippen LogP contribution is -1.98. The Morgan fingerprint density at radius 1 is 1.29 bits per heavy atom. The van der Waals surface area contributed by atoms with E-state index in [4.69, 9.17) is 0 Å². The van der Waals surface area contributed by atoms with Crippen LogP contribution in [0.25, 0.3) is 11.3 Å². The van der Waals surface area contributed by atoms with Gasteiger partial charge < -0.3 is 0 Å². The highest BCUT2D eigenvalue weighted by atomic mass is 32.2. The van der Waals surface area contributed by atoms with Crippen LogP contribution in [0.5, 0.6) is 0 Å². The van der Waals surface area contributed by atoms with Gasteiger partial charge in [-0.25, -0.2) is 4.68 Å². The van der Waals surface area contributed by atoms with Gasteiger partial charge in [0.25, 0.3) is 0 Å². The average Bonchev–Trinajstić information content (AvgIpc) is 2.68. The first-order valence-corrected chi connectivity index (χ1v) is 5.74. The molecule has 0 saturated carbocycles. The molecule has 0 aliphatic rings. The molecular formula is C10H11N3S. The van der Waals surface area contributed by atoms with E-state index < -0.39 is 0 Å². The van der Waals surface area contributed by atoms with Gasteiger partial charge in [0, 0.05) is 5.56 Å². The molecule has 1 heterocycles. The van der Waals surface area contributed by atoms with Crippen LogP contribution in [0.1, 0.15) is 0 Å². The maximum absolute atomic E-state index is 4.03. The molecule has 0 aliphatic heterocycles. The fourth-order valence-corrected chi connectivity index (χ4v) is 1.74. The Kier molecular flexibility index (Phi) is 2.84. The quantitative estimate of drug-likeness (QED) is 0.770. The van der Waals surface area contributed by atoms with Crippen molar-refractivity contribution >= 4 is 11.8 Å². The summed E-state index contributed by atoms with van der Waals surface area (Å²) < 4.78 is 1.90. The van der Waals surface area contributed by atoms with Crippen LogP contribution >= 0.6 is 11.8 Å². The van der Waals surface area contributed by atoms with E-state index in [1.807, 2.05) is 22.9 Å². The van der Waals surface area contributed by atoms with Gasteiger partial charge in [0.15, 0.2) is 0 Å². The van der Waals surface area contributed by atoms with Crippen molar-refractivity contribution < 1.29 is 0 Å². The van der Waals surface area contributed by atoms with Gasteiger partial charge in [-0.05, 0) is 6.26 Å². The SMILES string of the molecule is CSCn1nncc1-c1ccccc1. The number of hydrogen-bond donors (Lipinski definition) is 0. The smallest absolute Gasteiger partial charge is 0.0895 e. The molecule has 72 valence electrons. The zero-order valence-corrected chi connectivity index (χ0v) is 8.74. The average molecular weight is 205 g/mol. The van der Waals surface area contributed by atoms with E-state index in [-0.39, 0.29) is 0 Å². The van der Waals surface area contributed by atoms with Crippen molar-refractivity contribution in [3.05, 3.63) is 36.5 Å². The first-order valence-electron chi connectivity index (χ1n) is 4.34. The zero-order valence-electron chi connectivity index (χ0n) is 7.92. The first-order chi connectivity index (χ1) is 6.92. The topological polar surface area (TPSA) is 30.7 Å². The summed E-state index contributed by atoms with van der Waals surface area (Å²) >= 11 is 1.73. The van der Waals surface area contributed by atoms with Crippen molar-refractivity contribution in [2.45, 2.75) is 5.88 Å². The standard InChI is InChI=1S/C10H11N3S/c1-14-8-13-10(7-11-12-13)9-5-3-2-4-6-9/h2-7H,8H2,1H3. The second-order valence-corrected chi connectivity index (χ2v) is 3.74. The summed E-state index contributed by atoms with van der Waals surface area (Å²) in [4.78, 5) is 0. The Morgan fingerprint density at radius 2 is 2.07 bits per heavy atom. The van der Waals surface area contributed by atoms with Gasteiger partial charge in [-0.15, -0.1) is 16.9 Å². The third-order valence-electron chi connectivity index (χ3n) is 1.94. The largest absolute Gasteiger partial charge is 0.235 e. The van der Waals surface area contributed by atoms with Gasteiger partial charge in [0.2, 0.25) is 0 Å². The number of aromatic nitrogens is 3. The van der Waals surface area contributed by atoms with E-state index in [1.54, 1.807) is 18.0 Å². The van der Waals surface area contributed by atoms with Crippen LogP contribution < -0.4 is 0 Å². The van der Waals surface area contributed by atoms with E-state index >= 15 is 0 Å². The van der Waals surface area contributed by atoms with Gasteiger partial charge in [-0.2, -0.15) is 0 Å². The van der Waals surface area contributed by atoms with Crippen molar-refractivity contribution in [1.29, 1.82) is 0 Å². The molecule has 0 fully saturated rings. The normalized spacial score (nSPS) is 10.4. The van der Waals surface area contributed by atoms with Crippen LogP contribution in [0, 0.1) is 0 Å². The summed E-state index contributed by atoms with van der Waals surface area (Å²) in [6, 6.07) is 10.2. The summed E-state index contributed by atoms with van der Waals surface area (Å²) in [6.07, 6.45) is 3.85. The van der Waals surface area contributed by atoms with Crippen LogP contribution in [0.3, 0.4) is 0 Å². The highest BCUT2D eigenvalue weighted by molar-refractivity contribution is 7.97. The molecule has 0 spiro atoms. The molecule has 0 N–H and O–H groups in total. The van der Waals surface area contributed by atoms with Crippen LogP contribution in [-0.4, -0.2) is 21.2 Å². The van der Waals surface area contributed by atoms with Crippen molar-refractivity contribution in [2.75, 3.05) is 6.26 Å². The monoisotopic (exact) mass is 205 g/mol. The number of hydrogen-bond acceptors (Lipinski definition) is 3. The summed E-state index contributed by atoms with van der Waals surface area (Å²) in [6.45, 7) is 0. The number of thioether (sulfide) groups is 1. The molecule has 14 heavy (non-hydrogen) atoms. The molecule has 3 nitrogen and oxygen atoms in total. The van der Waals surface area contributed by atoms with E-state index in [1.165, 1.54) is 0 Å².